The summed E-state index contributed by atoms with van der Waals surface area (Å²) in [5.41, 5.74) is 0.695. The van der Waals surface area contributed by atoms with Gasteiger partial charge in [-0.1, -0.05) is 11.6 Å². The van der Waals surface area contributed by atoms with Gasteiger partial charge >= 0.3 is 0 Å². The molecule has 0 fully saturated rings. The maximum Gasteiger partial charge on any atom is 0.274 e. The molecular formula is C8H12ClNO2. The third kappa shape index (κ3) is 1.79. The second-order valence-electron chi connectivity index (χ2n) is 2.72. The SMILES string of the molecule is CON(C)C(=O)C1=C(Cl)CCC1. The zero-order valence-electron chi connectivity index (χ0n) is 7.26. The number of allylic oxidation sites excluding steroid dienone is 1. The van der Waals surface area contributed by atoms with E-state index in [1.54, 1.807) is 7.05 Å². The number of hydrogen-bond acceptors (Lipinski definition) is 2. The van der Waals surface area contributed by atoms with E-state index in [-0.39, 0.29) is 5.91 Å². The monoisotopic (exact) mass is 189 g/mol. The molecule has 0 radical (unpaired) electrons. The van der Waals surface area contributed by atoms with E-state index in [2.05, 4.69) is 0 Å². The minimum atomic E-state index is -0.125. The van der Waals surface area contributed by atoms with Crippen molar-refractivity contribution in [3.05, 3.63) is 10.6 Å². The number of halogens is 1. The molecule has 1 rings (SSSR count). The number of hydroxylamine groups is 2. The van der Waals surface area contributed by atoms with Crippen molar-refractivity contribution in [1.29, 1.82) is 0 Å². The quantitative estimate of drug-likeness (QED) is 0.619. The minimum Gasteiger partial charge on any atom is -0.274 e. The fraction of sp³-hybridized carbons (Fsp3) is 0.625. The highest BCUT2D eigenvalue weighted by molar-refractivity contribution is 6.32. The number of hydrogen-bond donors (Lipinski definition) is 0. The first-order chi connectivity index (χ1) is 5.66. The van der Waals surface area contributed by atoms with Crippen LogP contribution in [0.15, 0.2) is 10.6 Å². The molecule has 0 aromatic heterocycles. The van der Waals surface area contributed by atoms with E-state index < -0.39 is 0 Å². The fourth-order valence-corrected chi connectivity index (χ4v) is 1.51. The lowest BCUT2D eigenvalue weighted by Gasteiger charge is -2.14. The topological polar surface area (TPSA) is 29.5 Å². The summed E-state index contributed by atoms with van der Waals surface area (Å²) in [5.74, 6) is -0.125. The molecule has 0 bridgehead atoms. The summed E-state index contributed by atoms with van der Waals surface area (Å²) in [5, 5.41) is 1.88. The van der Waals surface area contributed by atoms with Crippen LogP contribution in [-0.4, -0.2) is 25.1 Å². The lowest BCUT2D eigenvalue weighted by Crippen LogP contribution is -2.26. The van der Waals surface area contributed by atoms with Gasteiger partial charge in [-0.2, -0.15) is 0 Å². The Bertz CT molecular complexity index is 225. The lowest BCUT2D eigenvalue weighted by atomic mass is 10.2. The summed E-state index contributed by atoms with van der Waals surface area (Å²) in [7, 11) is 3.04. The molecule has 0 aliphatic heterocycles. The Kier molecular flexibility index (Phi) is 3.12. The van der Waals surface area contributed by atoms with Crippen LogP contribution >= 0.6 is 11.6 Å². The Balaban J connectivity index is 2.70. The average Bonchev–Trinajstić information content (AvgIpc) is 2.48. The van der Waals surface area contributed by atoms with Gasteiger partial charge in [-0.25, -0.2) is 5.06 Å². The van der Waals surface area contributed by atoms with E-state index in [1.165, 1.54) is 12.2 Å². The molecule has 0 aromatic carbocycles. The molecule has 0 aromatic rings. The molecule has 0 spiro atoms. The number of amides is 1. The van der Waals surface area contributed by atoms with Crippen LogP contribution in [0.2, 0.25) is 0 Å². The van der Waals surface area contributed by atoms with E-state index in [9.17, 15) is 4.79 Å². The van der Waals surface area contributed by atoms with Gasteiger partial charge < -0.3 is 0 Å². The number of likely N-dealkylation sites (N-methyl/N-ethyl adjacent to an activating group) is 1. The van der Waals surface area contributed by atoms with Crippen LogP contribution < -0.4 is 0 Å². The molecule has 0 saturated carbocycles. The highest BCUT2D eigenvalue weighted by atomic mass is 35.5. The van der Waals surface area contributed by atoms with Gasteiger partial charge in [0, 0.05) is 17.7 Å². The van der Waals surface area contributed by atoms with Crippen molar-refractivity contribution in [1.82, 2.24) is 5.06 Å². The van der Waals surface area contributed by atoms with Gasteiger partial charge in [-0.15, -0.1) is 0 Å². The molecule has 0 atom stereocenters. The molecule has 0 unspecified atom stereocenters. The minimum absolute atomic E-state index is 0.125. The van der Waals surface area contributed by atoms with Crippen LogP contribution in [0.25, 0.3) is 0 Å². The van der Waals surface area contributed by atoms with E-state index >= 15 is 0 Å². The third-order valence-electron chi connectivity index (χ3n) is 1.97. The Labute approximate surface area is 76.9 Å². The zero-order chi connectivity index (χ0) is 9.14. The van der Waals surface area contributed by atoms with Gasteiger partial charge in [-0.05, 0) is 19.3 Å². The second-order valence-corrected chi connectivity index (χ2v) is 3.18. The summed E-state index contributed by atoms with van der Waals surface area (Å²) in [6.07, 6.45) is 2.56. The van der Waals surface area contributed by atoms with Crippen LogP contribution in [0.5, 0.6) is 0 Å². The van der Waals surface area contributed by atoms with Crippen molar-refractivity contribution in [2.75, 3.05) is 14.2 Å². The first-order valence-electron chi connectivity index (χ1n) is 3.86. The number of nitrogens with zero attached hydrogens (tertiary/aromatic N) is 1. The van der Waals surface area contributed by atoms with Crippen LogP contribution in [-0.2, 0) is 9.63 Å². The predicted octanol–water partition coefficient (Wildman–Crippen LogP) is 1.68. The summed E-state index contributed by atoms with van der Waals surface area (Å²) in [4.78, 5) is 16.2. The van der Waals surface area contributed by atoms with Gasteiger partial charge in [0.15, 0.2) is 0 Å². The molecule has 3 nitrogen and oxygen atoms in total. The second kappa shape index (κ2) is 3.92. The molecule has 12 heavy (non-hydrogen) atoms. The Morgan fingerprint density at radius 3 is 2.67 bits per heavy atom. The number of carbonyl (C=O) groups excluding carboxylic acids is 1. The maximum absolute atomic E-state index is 11.4. The lowest BCUT2D eigenvalue weighted by molar-refractivity contribution is -0.164. The molecular weight excluding hydrogens is 178 g/mol. The average molecular weight is 190 g/mol. The van der Waals surface area contributed by atoms with E-state index in [1.807, 2.05) is 0 Å². The highest BCUT2D eigenvalue weighted by Gasteiger charge is 2.22. The van der Waals surface area contributed by atoms with E-state index in [4.69, 9.17) is 16.4 Å². The normalized spacial score (nSPS) is 16.9. The van der Waals surface area contributed by atoms with Crippen LogP contribution in [0.1, 0.15) is 19.3 Å². The summed E-state index contributed by atoms with van der Waals surface area (Å²) in [6.45, 7) is 0. The molecule has 0 heterocycles. The molecule has 68 valence electrons. The van der Waals surface area contributed by atoms with Crippen LogP contribution in [0.3, 0.4) is 0 Å². The van der Waals surface area contributed by atoms with Crippen LogP contribution in [0, 0.1) is 0 Å². The van der Waals surface area contributed by atoms with Gasteiger partial charge in [0.05, 0.1) is 7.11 Å². The van der Waals surface area contributed by atoms with Crippen molar-refractivity contribution in [2.45, 2.75) is 19.3 Å². The van der Waals surface area contributed by atoms with E-state index in [0.717, 1.165) is 19.3 Å². The fourth-order valence-electron chi connectivity index (χ4n) is 1.20. The molecule has 0 saturated heterocycles. The van der Waals surface area contributed by atoms with Crippen molar-refractivity contribution in [2.24, 2.45) is 0 Å². The zero-order valence-corrected chi connectivity index (χ0v) is 8.02. The predicted molar refractivity (Wildman–Crippen MR) is 46.5 cm³/mol. The van der Waals surface area contributed by atoms with Crippen molar-refractivity contribution in [3.8, 4) is 0 Å². The smallest absolute Gasteiger partial charge is 0.274 e. The molecule has 1 aliphatic rings. The first kappa shape index (κ1) is 9.55. The Hall–Kier alpha value is -0.540. The van der Waals surface area contributed by atoms with Crippen molar-refractivity contribution >= 4 is 17.5 Å². The van der Waals surface area contributed by atoms with E-state index in [0.29, 0.717) is 10.6 Å². The molecule has 1 aliphatic carbocycles. The van der Waals surface area contributed by atoms with Gasteiger partial charge in [0.1, 0.15) is 0 Å². The molecule has 1 amide bonds. The highest BCUT2D eigenvalue weighted by Crippen LogP contribution is 2.29. The van der Waals surface area contributed by atoms with Crippen LogP contribution in [0.4, 0.5) is 0 Å². The Morgan fingerprint density at radius 2 is 2.25 bits per heavy atom. The Morgan fingerprint density at radius 1 is 1.58 bits per heavy atom. The summed E-state index contributed by atoms with van der Waals surface area (Å²) < 4.78 is 0. The summed E-state index contributed by atoms with van der Waals surface area (Å²) in [6, 6.07) is 0. The van der Waals surface area contributed by atoms with Gasteiger partial charge in [0.2, 0.25) is 0 Å². The third-order valence-corrected chi connectivity index (χ3v) is 2.39. The van der Waals surface area contributed by atoms with Crippen molar-refractivity contribution in [3.63, 3.8) is 0 Å². The number of rotatable bonds is 2. The molecule has 4 heteroatoms. The first-order valence-corrected chi connectivity index (χ1v) is 4.24. The van der Waals surface area contributed by atoms with Gasteiger partial charge in [0.25, 0.3) is 5.91 Å². The van der Waals surface area contributed by atoms with Gasteiger partial charge in [-0.3, -0.25) is 9.63 Å². The standard InChI is InChI=1S/C8H12ClNO2/c1-10(12-2)8(11)6-4-3-5-7(6)9/h3-5H2,1-2H3. The molecule has 0 N–H and O–H groups in total. The largest absolute Gasteiger partial charge is 0.274 e. The van der Waals surface area contributed by atoms with Crippen molar-refractivity contribution < 1.29 is 9.63 Å². The summed E-state index contributed by atoms with van der Waals surface area (Å²) >= 11 is 5.85. The number of carbonyl (C=O) groups is 1. The maximum atomic E-state index is 11.4.